The van der Waals surface area contributed by atoms with Crippen LogP contribution < -0.4 is 11.1 Å². The van der Waals surface area contributed by atoms with Gasteiger partial charge in [0.2, 0.25) is 5.91 Å². The lowest BCUT2D eigenvalue weighted by molar-refractivity contribution is -0.118. The van der Waals surface area contributed by atoms with Crippen LogP contribution in [0.4, 0.5) is 5.13 Å². The van der Waals surface area contributed by atoms with E-state index >= 15 is 0 Å². The number of rotatable bonds is 4. The third-order valence-corrected chi connectivity index (χ3v) is 2.93. The molecule has 0 fully saturated rings. The molecule has 0 saturated carbocycles. The van der Waals surface area contributed by atoms with Gasteiger partial charge in [0.15, 0.2) is 5.13 Å². The lowest BCUT2D eigenvalue weighted by Crippen LogP contribution is -2.39. The van der Waals surface area contributed by atoms with Gasteiger partial charge in [0, 0.05) is 12.0 Å². The molecule has 5 nitrogen and oxygen atoms in total. The average Bonchev–Trinajstić information content (AvgIpc) is 2.46. The highest BCUT2D eigenvalue weighted by Gasteiger charge is 2.15. The molecule has 0 aliphatic carbocycles. The monoisotopic (exact) mass is 229 g/mol. The SMILES string of the molecule is COCC(N)C(=O)Nc1nc(C)c(C)s1. The van der Waals surface area contributed by atoms with E-state index in [4.69, 9.17) is 10.5 Å². The summed E-state index contributed by atoms with van der Waals surface area (Å²) >= 11 is 1.44. The summed E-state index contributed by atoms with van der Waals surface area (Å²) in [5.74, 6) is -0.273. The predicted molar refractivity (Wildman–Crippen MR) is 60.1 cm³/mol. The van der Waals surface area contributed by atoms with Gasteiger partial charge in [-0.25, -0.2) is 4.98 Å². The Morgan fingerprint density at radius 1 is 1.67 bits per heavy atom. The molecule has 0 aliphatic rings. The maximum absolute atomic E-state index is 11.5. The zero-order chi connectivity index (χ0) is 11.4. The summed E-state index contributed by atoms with van der Waals surface area (Å²) in [6.45, 7) is 4.06. The normalized spacial score (nSPS) is 12.5. The van der Waals surface area contributed by atoms with Crippen molar-refractivity contribution in [3.05, 3.63) is 10.6 Å². The number of anilines is 1. The van der Waals surface area contributed by atoms with Crippen LogP contribution in [0.3, 0.4) is 0 Å². The summed E-state index contributed by atoms with van der Waals surface area (Å²) in [4.78, 5) is 16.7. The van der Waals surface area contributed by atoms with Gasteiger partial charge in [-0.2, -0.15) is 0 Å². The zero-order valence-corrected chi connectivity index (χ0v) is 9.85. The molecule has 0 spiro atoms. The molecule has 0 saturated heterocycles. The van der Waals surface area contributed by atoms with Crippen molar-refractivity contribution in [1.82, 2.24) is 4.98 Å². The van der Waals surface area contributed by atoms with E-state index in [2.05, 4.69) is 10.3 Å². The Kier molecular flexibility index (Phi) is 4.19. The molecule has 1 amide bonds. The van der Waals surface area contributed by atoms with E-state index in [0.29, 0.717) is 5.13 Å². The molecule has 1 heterocycles. The number of carbonyl (C=O) groups is 1. The molecule has 0 aromatic carbocycles. The fraction of sp³-hybridized carbons (Fsp3) is 0.556. The molecule has 3 N–H and O–H groups in total. The molecule has 1 rings (SSSR count). The number of hydrogen-bond donors (Lipinski definition) is 2. The van der Waals surface area contributed by atoms with Crippen molar-refractivity contribution >= 4 is 22.4 Å². The van der Waals surface area contributed by atoms with Crippen LogP contribution in [0, 0.1) is 13.8 Å². The van der Waals surface area contributed by atoms with Crippen LogP contribution in [0.1, 0.15) is 10.6 Å². The van der Waals surface area contributed by atoms with E-state index in [1.54, 1.807) is 0 Å². The maximum atomic E-state index is 11.5. The van der Waals surface area contributed by atoms with Gasteiger partial charge in [0.25, 0.3) is 0 Å². The minimum absolute atomic E-state index is 0.204. The van der Waals surface area contributed by atoms with Crippen molar-refractivity contribution in [3.8, 4) is 0 Å². The van der Waals surface area contributed by atoms with Crippen molar-refractivity contribution < 1.29 is 9.53 Å². The maximum Gasteiger partial charge on any atom is 0.245 e. The van der Waals surface area contributed by atoms with E-state index in [1.165, 1.54) is 18.4 Å². The van der Waals surface area contributed by atoms with E-state index in [-0.39, 0.29) is 12.5 Å². The molecule has 0 aliphatic heterocycles. The highest BCUT2D eigenvalue weighted by molar-refractivity contribution is 7.15. The number of aryl methyl sites for hydroxylation is 2. The number of nitrogens with one attached hydrogen (secondary N) is 1. The molecular formula is C9H15N3O2S. The molecule has 0 radical (unpaired) electrons. The molecule has 0 bridgehead atoms. The van der Waals surface area contributed by atoms with Gasteiger partial charge in [0.1, 0.15) is 6.04 Å². The minimum Gasteiger partial charge on any atom is -0.383 e. The Hall–Kier alpha value is -0.980. The van der Waals surface area contributed by atoms with Crippen LogP contribution >= 0.6 is 11.3 Å². The summed E-state index contributed by atoms with van der Waals surface area (Å²) in [5, 5.41) is 3.24. The van der Waals surface area contributed by atoms with Crippen LogP contribution in [0.25, 0.3) is 0 Å². The number of aromatic nitrogens is 1. The van der Waals surface area contributed by atoms with E-state index in [1.807, 2.05) is 13.8 Å². The lowest BCUT2D eigenvalue weighted by atomic mass is 10.3. The predicted octanol–water partition coefficient (Wildman–Crippen LogP) is 0.672. The van der Waals surface area contributed by atoms with E-state index < -0.39 is 6.04 Å². The third kappa shape index (κ3) is 3.26. The Morgan fingerprint density at radius 3 is 2.80 bits per heavy atom. The number of nitrogens with zero attached hydrogens (tertiary/aromatic N) is 1. The summed E-state index contributed by atoms with van der Waals surface area (Å²) in [6.07, 6.45) is 0. The Bertz CT molecular complexity index is 332. The Morgan fingerprint density at radius 2 is 2.33 bits per heavy atom. The fourth-order valence-corrected chi connectivity index (χ4v) is 1.80. The quantitative estimate of drug-likeness (QED) is 0.795. The topological polar surface area (TPSA) is 77.2 Å². The van der Waals surface area contributed by atoms with Crippen LogP contribution in [0.5, 0.6) is 0 Å². The molecule has 6 heteroatoms. The smallest absolute Gasteiger partial charge is 0.245 e. The van der Waals surface area contributed by atoms with Crippen LogP contribution in [0.15, 0.2) is 0 Å². The highest BCUT2D eigenvalue weighted by Crippen LogP contribution is 2.20. The Balaban J connectivity index is 2.58. The number of hydrogen-bond acceptors (Lipinski definition) is 5. The van der Waals surface area contributed by atoms with Crippen molar-refractivity contribution in [2.75, 3.05) is 19.0 Å². The van der Waals surface area contributed by atoms with Gasteiger partial charge in [-0.3, -0.25) is 4.79 Å². The molecule has 84 valence electrons. The standard InChI is InChI=1S/C9H15N3O2S/c1-5-6(2)15-9(11-5)12-8(13)7(10)4-14-3/h7H,4,10H2,1-3H3,(H,11,12,13). The number of nitrogens with two attached hydrogens (primary N) is 1. The lowest BCUT2D eigenvalue weighted by Gasteiger charge is -2.08. The largest absolute Gasteiger partial charge is 0.383 e. The number of carbonyl (C=O) groups excluding carboxylic acids is 1. The van der Waals surface area contributed by atoms with Gasteiger partial charge < -0.3 is 15.8 Å². The number of methoxy groups -OCH3 is 1. The number of ether oxygens (including phenoxy) is 1. The molecule has 1 unspecified atom stereocenters. The summed E-state index contributed by atoms with van der Waals surface area (Å²) in [6, 6.07) is -0.653. The highest BCUT2D eigenvalue weighted by atomic mass is 32.1. The molecular weight excluding hydrogens is 214 g/mol. The third-order valence-electron chi connectivity index (χ3n) is 1.94. The van der Waals surface area contributed by atoms with Crippen LogP contribution in [0.2, 0.25) is 0 Å². The minimum atomic E-state index is -0.653. The molecule has 15 heavy (non-hydrogen) atoms. The summed E-state index contributed by atoms with van der Waals surface area (Å²) < 4.78 is 4.79. The fourth-order valence-electron chi connectivity index (χ4n) is 0.980. The summed E-state index contributed by atoms with van der Waals surface area (Å²) in [7, 11) is 1.50. The zero-order valence-electron chi connectivity index (χ0n) is 9.03. The van der Waals surface area contributed by atoms with Gasteiger partial charge in [-0.05, 0) is 13.8 Å². The first-order valence-electron chi connectivity index (χ1n) is 4.54. The van der Waals surface area contributed by atoms with Gasteiger partial charge in [-0.15, -0.1) is 11.3 Å². The van der Waals surface area contributed by atoms with E-state index in [0.717, 1.165) is 10.6 Å². The number of thiazole rings is 1. The van der Waals surface area contributed by atoms with Crippen molar-refractivity contribution in [3.63, 3.8) is 0 Å². The first-order chi connectivity index (χ1) is 7.04. The van der Waals surface area contributed by atoms with E-state index in [9.17, 15) is 4.79 Å². The first kappa shape index (κ1) is 12.1. The second kappa shape index (κ2) is 5.20. The van der Waals surface area contributed by atoms with Crippen molar-refractivity contribution in [1.29, 1.82) is 0 Å². The Labute approximate surface area is 92.6 Å². The van der Waals surface area contributed by atoms with Crippen LogP contribution in [-0.4, -0.2) is 30.6 Å². The van der Waals surface area contributed by atoms with Gasteiger partial charge in [0.05, 0.1) is 12.3 Å². The summed E-state index contributed by atoms with van der Waals surface area (Å²) in [5.41, 5.74) is 6.49. The molecule has 1 aromatic rings. The van der Waals surface area contributed by atoms with Gasteiger partial charge in [-0.1, -0.05) is 0 Å². The second-order valence-electron chi connectivity index (χ2n) is 3.21. The first-order valence-corrected chi connectivity index (χ1v) is 5.35. The van der Waals surface area contributed by atoms with Crippen molar-refractivity contribution in [2.45, 2.75) is 19.9 Å². The molecule has 1 aromatic heterocycles. The second-order valence-corrected chi connectivity index (χ2v) is 4.41. The average molecular weight is 229 g/mol. The number of amides is 1. The molecule has 1 atom stereocenters. The van der Waals surface area contributed by atoms with Gasteiger partial charge >= 0.3 is 0 Å². The van der Waals surface area contributed by atoms with Crippen molar-refractivity contribution in [2.24, 2.45) is 5.73 Å². The van der Waals surface area contributed by atoms with Crippen LogP contribution in [-0.2, 0) is 9.53 Å².